The number of likely N-dealkylation sites (N-methyl/N-ethyl adjacent to an activating group) is 1. The first-order valence-corrected chi connectivity index (χ1v) is 6.19. The van der Waals surface area contributed by atoms with E-state index in [0.717, 1.165) is 12.1 Å². The van der Waals surface area contributed by atoms with Gasteiger partial charge in [0.25, 0.3) is 0 Å². The summed E-state index contributed by atoms with van der Waals surface area (Å²) in [5.41, 5.74) is 0. The normalized spacial score (nSPS) is 33.0. The molecule has 0 spiro atoms. The van der Waals surface area contributed by atoms with Gasteiger partial charge in [0.1, 0.15) is 0 Å². The van der Waals surface area contributed by atoms with Gasteiger partial charge in [0.2, 0.25) is 0 Å². The van der Waals surface area contributed by atoms with Crippen LogP contribution in [-0.4, -0.2) is 49.1 Å². The number of likely N-dealkylation sites (tertiary alicyclic amines) is 1. The van der Waals surface area contributed by atoms with E-state index in [-0.39, 0.29) is 7.43 Å². The minimum absolute atomic E-state index is 0. The van der Waals surface area contributed by atoms with Gasteiger partial charge >= 0.3 is 0 Å². The van der Waals surface area contributed by atoms with Crippen molar-refractivity contribution in [1.29, 1.82) is 0 Å². The molecule has 1 aliphatic carbocycles. The molecule has 2 nitrogen and oxygen atoms in total. The van der Waals surface area contributed by atoms with Gasteiger partial charge in [-0.3, -0.25) is 4.90 Å². The van der Waals surface area contributed by atoms with E-state index in [4.69, 9.17) is 0 Å². The van der Waals surface area contributed by atoms with Crippen molar-refractivity contribution >= 4 is 0 Å². The maximum absolute atomic E-state index is 2.74. The molecule has 15 heavy (non-hydrogen) atoms. The molecule has 0 amide bonds. The lowest BCUT2D eigenvalue weighted by molar-refractivity contribution is 0.0912. The Balaban J connectivity index is 0.00000112. The summed E-state index contributed by atoms with van der Waals surface area (Å²) in [6.07, 6.45) is 8.59. The van der Waals surface area contributed by atoms with Gasteiger partial charge < -0.3 is 4.90 Å². The van der Waals surface area contributed by atoms with Crippen molar-refractivity contribution in [1.82, 2.24) is 9.80 Å². The van der Waals surface area contributed by atoms with Crippen molar-refractivity contribution in [3.63, 3.8) is 0 Å². The van der Waals surface area contributed by atoms with Crippen LogP contribution in [0.5, 0.6) is 0 Å². The van der Waals surface area contributed by atoms with Gasteiger partial charge in [0.15, 0.2) is 0 Å². The predicted octanol–water partition coefficient (Wildman–Crippen LogP) is 2.59. The lowest BCUT2D eigenvalue weighted by Crippen LogP contribution is -2.50. The van der Waals surface area contributed by atoms with Crippen LogP contribution in [0.1, 0.15) is 46.0 Å². The smallest absolute Gasteiger partial charge is 0.0251 e. The molecule has 0 radical (unpaired) electrons. The zero-order valence-electron chi connectivity index (χ0n) is 9.71. The van der Waals surface area contributed by atoms with Gasteiger partial charge in [0.05, 0.1) is 0 Å². The highest BCUT2D eigenvalue weighted by Crippen LogP contribution is 2.28. The molecule has 1 aliphatic heterocycles. The second kappa shape index (κ2) is 5.86. The van der Waals surface area contributed by atoms with E-state index >= 15 is 0 Å². The second-order valence-electron chi connectivity index (χ2n) is 5.13. The average molecular weight is 212 g/mol. The quantitative estimate of drug-likeness (QED) is 0.694. The van der Waals surface area contributed by atoms with Gasteiger partial charge in [-0.1, -0.05) is 20.3 Å². The summed E-state index contributed by atoms with van der Waals surface area (Å²) in [6, 6.07) is 1.68. The monoisotopic (exact) mass is 212 g/mol. The van der Waals surface area contributed by atoms with E-state index in [0.29, 0.717) is 0 Å². The van der Waals surface area contributed by atoms with Gasteiger partial charge in [0, 0.05) is 12.1 Å². The first-order valence-electron chi connectivity index (χ1n) is 6.19. The third kappa shape index (κ3) is 2.94. The molecule has 1 saturated heterocycles. The number of nitrogens with zero attached hydrogens (tertiary/aromatic N) is 2. The van der Waals surface area contributed by atoms with Crippen LogP contribution in [0.25, 0.3) is 0 Å². The Labute approximate surface area is 95.6 Å². The molecule has 2 aliphatic rings. The average Bonchev–Trinajstić information content (AvgIpc) is 2.70. The van der Waals surface area contributed by atoms with Gasteiger partial charge in [-0.05, 0) is 52.9 Å². The topological polar surface area (TPSA) is 6.48 Å². The van der Waals surface area contributed by atoms with Crippen molar-refractivity contribution in [2.45, 2.75) is 58.0 Å². The summed E-state index contributed by atoms with van der Waals surface area (Å²) < 4.78 is 0. The van der Waals surface area contributed by atoms with Crippen molar-refractivity contribution in [2.75, 3.05) is 27.2 Å². The molecular formula is C13H28N2. The molecule has 1 heterocycles. The van der Waals surface area contributed by atoms with E-state index in [9.17, 15) is 0 Å². The third-order valence-corrected chi connectivity index (χ3v) is 3.97. The van der Waals surface area contributed by atoms with Crippen molar-refractivity contribution in [2.24, 2.45) is 0 Å². The van der Waals surface area contributed by atoms with Crippen LogP contribution in [0.4, 0.5) is 0 Å². The zero-order valence-corrected chi connectivity index (χ0v) is 9.71. The lowest BCUT2D eigenvalue weighted by atomic mass is 9.88. The van der Waals surface area contributed by atoms with E-state index in [1.54, 1.807) is 0 Å². The number of hydrogen-bond acceptors (Lipinski definition) is 2. The fraction of sp³-hybridized carbons (Fsp3) is 1.00. The molecule has 2 fully saturated rings. The minimum Gasteiger partial charge on any atom is -0.305 e. The summed E-state index contributed by atoms with van der Waals surface area (Å²) in [5, 5.41) is 0. The largest absolute Gasteiger partial charge is 0.305 e. The molecule has 0 aromatic heterocycles. The Morgan fingerprint density at radius 3 is 2.13 bits per heavy atom. The molecular weight excluding hydrogens is 184 g/mol. The van der Waals surface area contributed by atoms with E-state index in [1.165, 1.54) is 51.6 Å². The highest BCUT2D eigenvalue weighted by molar-refractivity contribution is 4.89. The number of hydrogen-bond donors (Lipinski definition) is 0. The standard InChI is InChI=1S/C12H24N2.CH4/c1-13(2)11-7-3-4-8-12(11)14-9-5-6-10-14;/h11-12H,3-10H2,1-2H3;1H4/t11-,12-;/m0./s1. The minimum atomic E-state index is 0. The van der Waals surface area contributed by atoms with Crippen LogP contribution in [0, 0.1) is 0 Å². The molecule has 0 N–H and O–H groups in total. The van der Waals surface area contributed by atoms with Crippen LogP contribution >= 0.6 is 0 Å². The summed E-state index contributed by atoms with van der Waals surface area (Å²) in [6.45, 7) is 2.71. The van der Waals surface area contributed by atoms with Crippen molar-refractivity contribution in [3.05, 3.63) is 0 Å². The first-order chi connectivity index (χ1) is 6.79. The van der Waals surface area contributed by atoms with Crippen LogP contribution in [0.15, 0.2) is 0 Å². The second-order valence-corrected chi connectivity index (χ2v) is 5.13. The maximum atomic E-state index is 2.74. The maximum Gasteiger partial charge on any atom is 0.0251 e. The van der Waals surface area contributed by atoms with E-state index < -0.39 is 0 Å². The molecule has 0 aromatic rings. The Kier molecular flexibility index (Phi) is 5.07. The van der Waals surface area contributed by atoms with Crippen LogP contribution in [0.3, 0.4) is 0 Å². The summed E-state index contributed by atoms with van der Waals surface area (Å²) in [7, 11) is 4.50. The van der Waals surface area contributed by atoms with Crippen LogP contribution < -0.4 is 0 Å². The van der Waals surface area contributed by atoms with E-state index in [2.05, 4.69) is 23.9 Å². The molecule has 0 aromatic carbocycles. The Morgan fingerprint density at radius 2 is 1.53 bits per heavy atom. The van der Waals surface area contributed by atoms with Crippen LogP contribution in [0.2, 0.25) is 0 Å². The number of rotatable bonds is 2. The molecule has 0 unspecified atom stereocenters. The SMILES string of the molecule is C.CN(C)[C@H]1CCCC[C@@H]1N1CCCC1. The highest BCUT2D eigenvalue weighted by atomic mass is 15.2. The Bertz CT molecular complexity index is 173. The van der Waals surface area contributed by atoms with Gasteiger partial charge in [-0.25, -0.2) is 0 Å². The highest BCUT2D eigenvalue weighted by Gasteiger charge is 2.32. The molecule has 2 heteroatoms. The molecule has 1 saturated carbocycles. The van der Waals surface area contributed by atoms with Crippen LogP contribution in [-0.2, 0) is 0 Å². The Hall–Kier alpha value is -0.0800. The van der Waals surface area contributed by atoms with E-state index in [1.807, 2.05) is 0 Å². The predicted molar refractivity (Wildman–Crippen MR) is 67.3 cm³/mol. The summed E-state index contributed by atoms with van der Waals surface area (Å²) >= 11 is 0. The fourth-order valence-electron chi connectivity index (χ4n) is 3.19. The van der Waals surface area contributed by atoms with Crippen molar-refractivity contribution < 1.29 is 0 Å². The fourth-order valence-corrected chi connectivity index (χ4v) is 3.19. The molecule has 90 valence electrons. The molecule has 2 atom stereocenters. The van der Waals surface area contributed by atoms with Gasteiger partial charge in [-0.2, -0.15) is 0 Å². The first kappa shape index (κ1) is 13.0. The molecule has 0 bridgehead atoms. The molecule has 2 rings (SSSR count). The summed E-state index contributed by atoms with van der Waals surface area (Å²) in [5.74, 6) is 0. The zero-order chi connectivity index (χ0) is 9.97. The lowest BCUT2D eigenvalue weighted by Gasteiger charge is -2.41. The van der Waals surface area contributed by atoms with Crippen molar-refractivity contribution in [3.8, 4) is 0 Å². The Morgan fingerprint density at radius 1 is 0.933 bits per heavy atom. The summed E-state index contributed by atoms with van der Waals surface area (Å²) in [4.78, 5) is 5.19. The van der Waals surface area contributed by atoms with Gasteiger partial charge in [-0.15, -0.1) is 0 Å². The third-order valence-electron chi connectivity index (χ3n) is 3.97.